The normalized spacial score (nSPS) is 11.9. The number of hydrogen-bond acceptors (Lipinski definition) is 4. The Hall–Kier alpha value is -2.31. The largest absolute Gasteiger partial charge is 0.463 e. The average Bonchev–Trinajstić information content (AvgIpc) is 2.82. The van der Waals surface area contributed by atoms with Crippen LogP contribution in [-0.2, 0) is 6.18 Å². The molecular weight excluding hydrogens is 247 g/mol. The van der Waals surface area contributed by atoms with Gasteiger partial charge in [0.05, 0.1) is 18.0 Å². The Labute approximate surface area is 100 Å². The van der Waals surface area contributed by atoms with Crippen molar-refractivity contribution in [3.63, 3.8) is 0 Å². The maximum absolute atomic E-state index is 12.3. The molecule has 0 aliphatic rings. The molecule has 0 aromatic carbocycles. The molecule has 0 bridgehead atoms. The summed E-state index contributed by atoms with van der Waals surface area (Å²) in [6, 6.07) is 5.50. The summed E-state index contributed by atoms with van der Waals surface area (Å²) in [6.45, 7) is 0. The number of nitrogens with zero attached hydrogens (tertiary/aromatic N) is 2. The molecule has 0 aliphatic heterocycles. The van der Waals surface area contributed by atoms with Gasteiger partial charge in [-0.25, -0.2) is 4.98 Å². The first-order chi connectivity index (χ1) is 8.55. The quantitative estimate of drug-likeness (QED) is 0.677. The van der Waals surface area contributed by atoms with Gasteiger partial charge in [0.1, 0.15) is 11.6 Å². The van der Waals surface area contributed by atoms with Gasteiger partial charge in [-0.05, 0) is 24.3 Å². The third kappa shape index (κ3) is 3.09. The maximum Gasteiger partial charge on any atom is 0.417 e. The molecule has 0 fully saturated rings. The molecule has 0 aliphatic carbocycles. The van der Waals surface area contributed by atoms with Crippen LogP contribution in [0.25, 0.3) is 0 Å². The summed E-state index contributed by atoms with van der Waals surface area (Å²) in [4.78, 5) is 3.59. The van der Waals surface area contributed by atoms with E-state index in [1.165, 1.54) is 18.5 Å². The second kappa shape index (κ2) is 4.91. The maximum atomic E-state index is 12.3. The van der Waals surface area contributed by atoms with Crippen molar-refractivity contribution in [3.8, 4) is 0 Å². The fourth-order valence-electron chi connectivity index (χ4n) is 1.15. The molecule has 0 atom stereocenters. The standard InChI is InChI=1S/C11H8F3N3O/c12-11(13,14)8-3-4-10(15-6-8)17-16-7-9-2-1-5-18-9/h1-7H,(H,15,17)/b16-7-. The molecule has 1 N–H and O–H groups in total. The molecule has 18 heavy (non-hydrogen) atoms. The summed E-state index contributed by atoms with van der Waals surface area (Å²) >= 11 is 0. The van der Waals surface area contributed by atoms with E-state index in [9.17, 15) is 13.2 Å². The molecule has 2 aromatic rings. The number of rotatable bonds is 3. The van der Waals surface area contributed by atoms with Crippen LogP contribution in [0, 0.1) is 0 Å². The number of alkyl halides is 3. The lowest BCUT2D eigenvalue weighted by atomic mass is 10.3. The van der Waals surface area contributed by atoms with Gasteiger partial charge in [-0.1, -0.05) is 0 Å². The zero-order chi connectivity index (χ0) is 13.0. The smallest absolute Gasteiger partial charge is 0.417 e. The first kappa shape index (κ1) is 12.2. The molecule has 0 unspecified atom stereocenters. The monoisotopic (exact) mass is 255 g/mol. The van der Waals surface area contributed by atoms with Crippen LogP contribution in [0.3, 0.4) is 0 Å². The number of nitrogens with one attached hydrogen (secondary N) is 1. The van der Waals surface area contributed by atoms with E-state index in [1.54, 1.807) is 12.1 Å². The van der Waals surface area contributed by atoms with Gasteiger partial charge in [0.15, 0.2) is 0 Å². The van der Waals surface area contributed by atoms with Crippen molar-refractivity contribution in [2.45, 2.75) is 6.18 Å². The predicted octanol–water partition coefficient (Wildman–Crippen LogP) is 3.14. The summed E-state index contributed by atoms with van der Waals surface area (Å²) in [6.07, 6.45) is -0.773. The predicted molar refractivity (Wildman–Crippen MR) is 59.2 cm³/mol. The summed E-state index contributed by atoms with van der Waals surface area (Å²) < 4.78 is 41.7. The van der Waals surface area contributed by atoms with Crippen LogP contribution in [0.1, 0.15) is 11.3 Å². The van der Waals surface area contributed by atoms with Crippen molar-refractivity contribution in [3.05, 3.63) is 48.0 Å². The minimum absolute atomic E-state index is 0.214. The minimum atomic E-state index is -4.39. The van der Waals surface area contributed by atoms with E-state index in [-0.39, 0.29) is 5.82 Å². The number of furan rings is 1. The van der Waals surface area contributed by atoms with Crippen molar-refractivity contribution < 1.29 is 17.6 Å². The number of hydrazone groups is 1. The Morgan fingerprint density at radius 2 is 2.11 bits per heavy atom. The average molecular weight is 255 g/mol. The zero-order valence-corrected chi connectivity index (χ0v) is 8.98. The molecule has 7 heteroatoms. The SMILES string of the molecule is FC(F)(F)c1ccc(N/N=C\c2ccco2)nc1. The third-order valence-electron chi connectivity index (χ3n) is 2.00. The van der Waals surface area contributed by atoms with Gasteiger partial charge in [-0.15, -0.1) is 0 Å². The molecule has 4 nitrogen and oxygen atoms in total. The van der Waals surface area contributed by atoms with Crippen LogP contribution in [0.15, 0.2) is 46.2 Å². The van der Waals surface area contributed by atoms with Crippen LogP contribution >= 0.6 is 0 Å². The van der Waals surface area contributed by atoms with Crippen LogP contribution in [0.5, 0.6) is 0 Å². The molecule has 2 rings (SSSR count). The van der Waals surface area contributed by atoms with E-state index < -0.39 is 11.7 Å². The lowest BCUT2D eigenvalue weighted by Crippen LogP contribution is -2.05. The number of anilines is 1. The second-order valence-corrected chi connectivity index (χ2v) is 3.32. The van der Waals surface area contributed by atoms with Gasteiger partial charge in [-0.2, -0.15) is 18.3 Å². The van der Waals surface area contributed by atoms with E-state index in [2.05, 4.69) is 15.5 Å². The zero-order valence-electron chi connectivity index (χ0n) is 8.98. The molecule has 0 saturated heterocycles. The van der Waals surface area contributed by atoms with Crippen molar-refractivity contribution in [1.29, 1.82) is 0 Å². The van der Waals surface area contributed by atoms with Gasteiger partial charge >= 0.3 is 6.18 Å². The van der Waals surface area contributed by atoms with Crippen LogP contribution in [0.2, 0.25) is 0 Å². The molecule has 0 radical (unpaired) electrons. The molecular formula is C11H8F3N3O. The molecule has 94 valence electrons. The van der Waals surface area contributed by atoms with Crippen molar-refractivity contribution in [1.82, 2.24) is 4.98 Å². The molecule has 2 heterocycles. The number of aromatic nitrogens is 1. The summed E-state index contributed by atoms with van der Waals surface area (Å²) in [5.74, 6) is 0.736. The van der Waals surface area contributed by atoms with Crippen LogP contribution < -0.4 is 5.43 Å². The highest BCUT2D eigenvalue weighted by Gasteiger charge is 2.30. The fraction of sp³-hybridized carbons (Fsp3) is 0.0909. The molecule has 0 saturated carbocycles. The minimum Gasteiger partial charge on any atom is -0.463 e. The summed E-state index contributed by atoms with van der Waals surface area (Å²) in [5, 5.41) is 3.76. The number of pyridine rings is 1. The number of halogens is 3. The van der Waals surface area contributed by atoms with Crippen molar-refractivity contribution in [2.75, 3.05) is 5.43 Å². The molecule has 0 amide bonds. The Balaban J connectivity index is 1.99. The van der Waals surface area contributed by atoms with E-state index >= 15 is 0 Å². The second-order valence-electron chi connectivity index (χ2n) is 3.32. The van der Waals surface area contributed by atoms with Gasteiger partial charge in [-0.3, -0.25) is 5.43 Å². The Bertz CT molecular complexity index is 517. The number of hydrogen-bond donors (Lipinski definition) is 1. The van der Waals surface area contributed by atoms with E-state index in [1.807, 2.05) is 0 Å². The lowest BCUT2D eigenvalue weighted by Gasteiger charge is -2.06. The summed E-state index contributed by atoms with van der Waals surface area (Å²) in [7, 11) is 0. The van der Waals surface area contributed by atoms with Gasteiger partial charge < -0.3 is 4.42 Å². The Kier molecular flexibility index (Phi) is 3.31. The third-order valence-corrected chi connectivity index (χ3v) is 2.00. The molecule has 0 spiro atoms. The molecule has 2 aromatic heterocycles. The van der Waals surface area contributed by atoms with Crippen LogP contribution in [0.4, 0.5) is 19.0 Å². The first-order valence-electron chi connectivity index (χ1n) is 4.91. The van der Waals surface area contributed by atoms with E-state index in [4.69, 9.17) is 4.42 Å². The van der Waals surface area contributed by atoms with E-state index in [0.29, 0.717) is 5.76 Å². The van der Waals surface area contributed by atoms with Gasteiger partial charge in [0.2, 0.25) is 0 Å². The van der Waals surface area contributed by atoms with Gasteiger partial charge in [0.25, 0.3) is 0 Å². The van der Waals surface area contributed by atoms with Crippen molar-refractivity contribution >= 4 is 12.0 Å². The fourth-order valence-corrected chi connectivity index (χ4v) is 1.15. The van der Waals surface area contributed by atoms with Crippen LogP contribution in [-0.4, -0.2) is 11.2 Å². The van der Waals surface area contributed by atoms with Crippen molar-refractivity contribution in [2.24, 2.45) is 5.10 Å². The van der Waals surface area contributed by atoms with Gasteiger partial charge in [0, 0.05) is 6.20 Å². The Morgan fingerprint density at radius 3 is 2.67 bits per heavy atom. The van der Waals surface area contributed by atoms with E-state index in [0.717, 1.165) is 12.3 Å². The first-order valence-corrected chi connectivity index (χ1v) is 4.91. The topological polar surface area (TPSA) is 50.4 Å². The highest BCUT2D eigenvalue weighted by Crippen LogP contribution is 2.28. The highest BCUT2D eigenvalue weighted by molar-refractivity contribution is 5.76. The summed E-state index contributed by atoms with van der Waals surface area (Å²) in [5.41, 5.74) is 1.69. The highest BCUT2D eigenvalue weighted by atomic mass is 19.4. The lowest BCUT2D eigenvalue weighted by molar-refractivity contribution is -0.137. The Morgan fingerprint density at radius 1 is 1.28 bits per heavy atom.